The molecule has 3 aromatic carbocycles. The molecule has 0 saturated carbocycles. The largest absolute Gasteiger partial charge is 0.338 e. The van der Waals surface area contributed by atoms with Gasteiger partial charge in [-0.1, -0.05) is 54.1 Å². The number of benzene rings is 3. The van der Waals surface area contributed by atoms with Crippen LogP contribution in [0.2, 0.25) is 0 Å². The van der Waals surface area contributed by atoms with E-state index in [1.165, 1.54) is 17.4 Å². The van der Waals surface area contributed by atoms with Crippen molar-refractivity contribution in [2.45, 2.75) is 11.8 Å². The highest BCUT2D eigenvalue weighted by Crippen LogP contribution is 2.26. The number of fused-ring (bicyclic) bond motifs is 1. The van der Waals surface area contributed by atoms with E-state index >= 15 is 0 Å². The lowest BCUT2D eigenvalue weighted by molar-refractivity contribution is 0.602. The van der Waals surface area contributed by atoms with Crippen molar-refractivity contribution in [3.8, 4) is 22.5 Å². The summed E-state index contributed by atoms with van der Waals surface area (Å²) in [4.78, 5) is 8.08. The number of nitrogens with one attached hydrogen (secondary N) is 1. The Morgan fingerprint density at radius 1 is 0.846 bits per heavy atom. The molecular weight excluding hydrogens is 344 g/mol. The highest BCUT2D eigenvalue weighted by molar-refractivity contribution is 7.90. The molecule has 0 unspecified atom stereocenters. The summed E-state index contributed by atoms with van der Waals surface area (Å²) < 4.78 is 23.4. The summed E-state index contributed by atoms with van der Waals surface area (Å²) in [6.45, 7) is 2.08. The van der Waals surface area contributed by atoms with Crippen molar-refractivity contribution >= 4 is 20.9 Å². The number of aromatic amines is 1. The van der Waals surface area contributed by atoms with Gasteiger partial charge in [0.25, 0.3) is 0 Å². The van der Waals surface area contributed by atoms with Crippen molar-refractivity contribution in [2.75, 3.05) is 6.26 Å². The fourth-order valence-electron chi connectivity index (χ4n) is 3.00. The molecule has 0 bridgehead atoms. The van der Waals surface area contributed by atoms with E-state index < -0.39 is 9.84 Å². The Balaban J connectivity index is 1.71. The van der Waals surface area contributed by atoms with Crippen molar-refractivity contribution < 1.29 is 8.42 Å². The van der Waals surface area contributed by atoms with Gasteiger partial charge in [0.15, 0.2) is 9.84 Å². The van der Waals surface area contributed by atoms with Crippen LogP contribution in [0.4, 0.5) is 0 Å². The highest BCUT2D eigenvalue weighted by atomic mass is 32.2. The molecule has 0 amide bonds. The summed E-state index contributed by atoms with van der Waals surface area (Å²) in [5.41, 5.74) is 5.97. The van der Waals surface area contributed by atoms with E-state index in [4.69, 9.17) is 0 Å². The lowest BCUT2D eigenvalue weighted by atomic mass is 10.0. The molecule has 0 aliphatic carbocycles. The third kappa shape index (κ3) is 3.13. The minimum Gasteiger partial charge on any atom is -0.338 e. The second-order valence-corrected chi connectivity index (χ2v) is 8.50. The van der Waals surface area contributed by atoms with Crippen LogP contribution in [-0.4, -0.2) is 24.6 Å². The van der Waals surface area contributed by atoms with Crippen molar-refractivity contribution in [3.63, 3.8) is 0 Å². The van der Waals surface area contributed by atoms with Gasteiger partial charge >= 0.3 is 0 Å². The van der Waals surface area contributed by atoms with Crippen LogP contribution in [0, 0.1) is 6.92 Å². The third-order valence-corrected chi connectivity index (χ3v) is 5.50. The molecule has 4 nitrogen and oxygen atoms in total. The number of H-pyrrole nitrogens is 1. The summed E-state index contributed by atoms with van der Waals surface area (Å²) in [7, 11) is -3.24. The Labute approximate surface area is 152 Å². The zero-order valence-corrected chi connectivity index (χ0v) is 15.3. The van der Waals surface area contributed by atoms with Gasteiger partial charge in [-0.05, 0) is 36.2 Å². The van der Waals surface area contributed by atoms with E-state index in [9.17, 15) is 8.42 Å². The van der Waals surface area contributed by atoms with Gasteiger partial charge in [0.2, 0.25) is 0 Å². The maximum absolute atomic E-state index is 11.7. The summed E-state index contributed by atoms with van der Waals surface area (Å²) in [6, 6.07) is 21.5. The first kappa shape index (κ1) is 16.5. The monoisotopic (exact) mass is 362 g/mol. The summed E-state index contributed by atoms with van der Waals surface area (Å²) >= 11 is 0. The van der Waals surface area contributed by atoms with Gasteiger partial charge in [0, 0.05) is 11.8 Å². The number of rotatable bonds is 3. The van der Waals surface area contributed by atoms with Crippen molar-refractivity contribution in [1.29, 1.82) is 0 Å². The molecule has 26 heavy (non-hydrogen) atoms. The average molecular weight is 362 g/mol. The minimum absolute atomic E-state index is 0.287. The van der Waals surface area contributed by atoms with Crippen LogP contribution in [0.5, 0.6) is 0 Å². The first-order chi connectivity index (χ1) is 12.4. The van der Waals surface area contributed by atoms with Crippen molar-refractivity contribution in [3.05, 3.63) is 72.3 Å². The average Bonchev–Trinajstić information content (AvgIpc) is 3.04. The Hall–Kier alpha value is -2.92. The van der Waals surface area contributed by atoms with E-state index in [0.29, 0.717) is 5.52 Å². The molecule has 4 aromatic rings. The first-order valence-corrected chi connectivity index (χ1v) is 10.2. The summed E-state index contributed by atoms with van der Waals surface area (Å²) in [6.07, 6.45) is 1.20. The van der Waals surface area contributed by atoms with E-state index in [1.54, 1.807) is 18.2 Å². The van der Waals surface area contributed by atoms with Crippen LogP contribution in [-0.2, 0) is 9.84 Å². The number of imidazole rings is 1. The molecule has 1 N–H and O–H groups in total. The van der Waals surface area contributed by atoms with Gasteiger partial charge in [0.05, 0.1) is 15.9 Å². The standard InChI is InChI=1S/C21H18N2O2S/c1-14-4-3-5-17(12-14)15-6-8-16(9-7-15)21-22-19-11-10-18(26(2,24)25)13-20(19)23-21/h3-13H,1-2H3,(H,22,23). The normalized spacial score (nSPS) is 11.8. The number of nitrogens with zero attached hydrogens (tertiary/aromatic N) is 1. The van der Waals surface area contributed by atoms with Gasteiger partial charge < -0.3 is 4.98 Å². The fraction of sp³-hybridized carbons (Fsp3) is 0.0952. The first-order valence-electron chi connectivity index (χ1n) is 8.27. The second-order valence-electron chi connectivity index (χ2n) is 6.48. The van der Waals surface area contributed by atoms with Crippen molar-refractivity contribution in [1.82, 2.24) is 9.97 Å². The van der Waals surface area contributed by atoms with Crippen LogP contribution < -0.4 is 0 Å². The van der Waals surface area contributed by atoms with Crippen LogP contribution in [0.25, 0.3) is 33.5 Å². The Morgan fingerprint density at radius 2 is 1.58 bits per heavy atom. The van der Waals surface area contributed by atoms with E-state index in [2.05, 4.69) is 53.3 Å². The van der Waals surface area contributed by atoms with Gasteiger partial charge in [-0.25, -0.2) is 13.4 Å². The van der Waals surface area contributed by atoms with E-state index in [0.717, 1.165) is 22.5 Å². The van der Waals surface area contributed by atoms with Crippen LogP contribution in [0.15, 0.2) is 71.6 Å². The van der Waals surface area contributed by atoms with E-state index in [-0.39, 0.29) is 4.90 Å². The second kappa shape index (κ2) is 6.11. The minimum atomic E-state index is -3.24. The van der Waals surface area contributed by atoms with Gasteiger partial charge in [-0.2, -0.15) is 0 Å². The molecule has 0 aliphatic heterocycles. The predicted octanol–water partition coefficient (Wildman–Crippen LogP) is 4.61. The van der Waals surface area contributed by atoms with Gasteiger partial charge in [-0.3, -0.25) is 0 Å². The van der Waals surface area contributed by atoms with Crippen LogP contribution >= 0.6 is 0 Å². The molecule has 5 heteroatoms. The molecule has 0 atom stereocenters. The van der Waals surface area contributed by atoms with Crippen LogP contribution in [0.1, 0.15) is 5.56 Å². The lowest BCUT2D eigenvalue weighted by Gasteiger charge is -2.04. The number of aryl methyl sites for hydroxylation is 1. The SMILES string of the molecule is Cc1cccc(-c2ccc(-c3nc4ccc(S(C)(=O)=O)cc4[nH]3)cc2)c1. The molecule has 130 valence electrons. The topological polar surface area (TPSA) is 62.8 Å². The lowest BCUT2D eigenvalue weighted by Crippen LogP contribution is -1.96. The van der Waals surface area contributed by atoms with Gasteiger partial charge in [0.1, 0.15) is 5.82 Å². The molecule has 0 saturated heterocycles. The maximum atomic E-state index is 11.7. The highest BCUT2D eigenvalue weighted by Gasteiger charge is 2.11. The zero-order chi connectivity index (χ0) is 18.3. The molecule has 4 rings (SSSR count). The van der Waals surface area contributed by atoms with Crippen molar-refractivity contribution in [2.24, 2.45) is 0 Å². The molecule has 0 spiro atoms. The predicted molar refractivity (Wildman–Crippen MR) is 105 cm³/mol. The number of hydrogen-bond donors (Lipinski definition) is 1. The Kier molecular flexibility index (Phi) is 3.89. The molecule has 0 fully saturated rings. The Bertz CT molecular complexity index is 1210. The summed E-state index contributed by atoms with van der Waals surface area (Å²) in [5.74, 6) is 0.724. The molecule has 1 heterocycles. The molecular formula is C21H18N2O2S. The third-order valence-electron chi connectivity index (χ3n) is 4.39. The van der Waals surface area contributed by atoms with Crippen LogP contribution in [0.3, 0.4) is 0 Å². The molecule has 0 radical (unpaired) electrons. The summed E-state index contributed by atoms with van der Waals surface area (Å²) in [5, 5.41) is 0. The fourth-order valence-corrected chi connectivity index (χ4v) is 3.65. The number of sulfone groups is 1. The zero-order valence-electron chi connectivity index (χ0n) is 14.5. The van der Waals surface area contributed by atoms with Gasteiger partial charge in [-0.15, -0.1) is 0 Å². The number of hydrogen-bond acceptors (Lipinski definition) is 3. The quantitative estimate of drug-likeness (QED) is 0.579. The maximum Gasteiger partial charge on any atom is 0.175 e. The smallest absolute Gasteiger partial charge is 0.175 e. The van der Waals surface area contributed by atoms with E-state index in [1.807, 2.05) is 12.1 Å². The Morgan fingerprint density at radius 3 is 2.27 bits per heavy atom. The number of aromatic nitrogens is 2. The molecule has 1 aromatic heterocycles. The molecule has 0 aliphatic rings.